The van der Waals surface area contributed by atoms with Crippen LogP contribution in [-0.2, 0) is 9.59 Å². The van der Waals surface area contributed by atoms with E-state index in [0.29, 0.717) is 11.3 Å². The molecule has 0 spiro atoms. The van der Waals surface area contributed by atoms with Gasteiger partial charge in [0, 0.05) is 0 Å². The van der Waals surface area contributed by atoms with Crippen molar-refractivity contribution >= 4 is 46.3 Å². The van der Waals surface area contributed by atoms with Crippen LogP contribution in [0, 0.1) is 0 Å². The number of hydrogen-bond donors (Lipinski definition) is 1. The van der Waals surface area contributed by atoms with Crippen LogP contribution in [-0.4, -0.2) is 39.9 Å². The predicted molar refractivity (Wildman–Crippen MR) is 79.5 cm³/mol. The van der Waals surface area contributed by atoms with E-state index in [0.717, 1.165) is 16.7 Å². The van der Waals surface area contributed by atoms with Gasteiger partial charge in [0.25, 0.3) is 5.91 Å². The van der Waals surface area contributed by atoms with Gasteiger partial charge in [-0.25, -0.2) is 0 Å². The van der Waals surface area contributed by atoms with Gasteiger partial charge < -0.3 is 19.7 Å². The molecule has 1 saturated heterocycles. The van der Waals surface area contributed by atoms with Crippen LogP contribution in [0.5, 0.6) is 11.5 Å². The lowest BCUT2D eigenvalue weighted by Crippen LogP contribution is -2.40. The molecule has 1 aromatic rings. The minimum Gasteiger partial charge on any atom is -0.548 e. The first-order valence-electron chi connectivity index (χ1n) is 5.74. The molecule has 1 aliphatic rings. The van der Waals surface area contributed by atoms with Gasteiger partial charge in [-0.3, -0.25) is 9.69 Å². The van der Waals surface area contributed by atoms with Gasteiger partial charge in [-0.05, 0) is 23.8 Å². The number of carboxylic acid groups (broad SMARTS) is 1. The summed E-state index contributed by atoms with van der Waals surface area (Å²) in [6.45, 7) is -0.574. The van der Waals surface area contributed by atoms with E-state index < -0.39 is 18.4 Å². The van der Waals surface area contributed by atoms with E-state index in [1.54, 1.807) is 12.1 Å². The van der Waals surface area contributed by atoms with Crippen molar-refractivity contribution in [3.63, 3.8) is 0 Å². The number of hydrogen-bond acceptors (Lipinski definition) is 7. The average molecular weight is 324 g/mol. The summed E-state index contributed by atoms with van der Waals surface area (Å²) in [6.07, 6.45) is 1.52. The predicted octanol–water partition coefficient (Wildman–Crippen LogP) is 0.352. The second-order valence-corrected chi connectivity index (χ2v) is 5.75. The number of phenolic OH excluding ortho intramolecular Hbond substituents is 1. The molecule has 0 saturated carbocycles. The Balaban J connectivity index is 2.26. The highest BCUT2D eigenvalue weighted by Gasteiger charge is 2.31. The molecule has 0 atom stereocenters. The van der Waals surface area contributed by atoms with Gasteiger partial charge in [-0.1, -0.05) is 30.0 Å². The molecule has 1 N–H and O–H groups in total. The molecule has 2 rings (SSSR count). The number of aliphatic carboxylic acids is 1. The fourth-order valence-corrected chi connectivity index (χ4v) is 2.97. The van der Waals surface area contributed by atoms with Gasteiger partial charge in [0.15, 0.2) is 11.5 Å². The highest BCUT2D eigenvalue weighted by molar-refractivity contribution is 8.26. The van der Waals surface area contributed by atoms with E-state index in [1.165, 1.54) is 19.3 Å². The summed E-state index contributed by atoms with van der Waals surface area (Å²) in [6, 6.07) is 4.65. The van der Waals surface area contributed by atoms with Crippen molar-refractivity contribution in [3.8, 4) is 11.5 Å². The van der Waals surface area contributed by atoms with Crippen LogP contribution in [0.4, 0.5) is 0 Å². The Kier molecular flexibility index (Phi) is 4.49. The Morgan fingerprint density at radius 1 is 1.57 bits per heavy atom. The number of carbonyl (C=O) groups is 2. The first kappa shape index (κ1) is 15.3. The van der Waals surface area contributed by atoms with Gasteiger partial charge in [0.2, 0.25) is 0 Å². The van der Waals surface area contributed by atoms with Crippen LogP contribution in [0.3, 0.4) is 0 Å². The molecule has 0 unspecified atom stereocenters. The lowest BCUT2D eigenvalue weighted by atomic mass is 10.2. The molecule has 0 bridgehead atoms. The van der Waals surface area contributed by atoms with E-state index in [9.17, 15) is 19.8 Å². The second kappa shape index (κ2) is 6.15. The monoisotopic (exact) mass is 324 g/mol. The van der Waals surface area contributed by atoms with Crippen molar-refractivity contribution in [2.75, 3.05) is 13.7 Å². The first-order chi connectivity index (χ1) is 9.92. The normalized spacial score (nSPS) is 16.6. The number of thiocarbonyl (C=S) groups is 1. The van der Waals surface area contributed by atoms with E-state index in [-0.39, 0.29) is 15.0 Å². The van der Waals surface area contributed by atoms with Crippen LogP contribution in [0.15, 0.2) is 23.1 Å². The fraction of sp³-hybridized carbons (Fsp3) is 0.154. The minimum absolute atomic E-state index is 0.0588. The third kappa shape index (κ3) is 3.34. The molecule has 8 heteroatoms. The number of ether oxygens (including phenoxy) is 1. The molecule has 0 radical (unpaired) electrons. The number of rotatable bonds is 4. The highest BCUT2D eigenvalue weighted by Crippen LogP contribution is 2.34. The standard InChI is InChI=1S/C13H11NO5S2/c1-19-9-3-2-7(4-8(9)15)5-10-12(18)14(6-11(16)17)13(20)21-10/h2-5,15H,6H2,1H3,(H,16,17)/p-1/b10-5-. The maximum absolute atomic E-state index is 12.0. The summed E-state index contributed by atoms with van der Waals surface area (Å²) < 4.78 is 5.09. The zero-order valence-corrected chi connectivity index (χ0v) is 12.5. The smallest absolute Gasteiger partial charge is 0.266 e. The van der Waals surface area contributed by atoms with Gasteiger partial charge in [-0.15, -0.1) is 0 Å². The van der Waals surface area contributed by atoms with Crippen LogP contribution in [0.2, 0.25) is 0 Å². The van der Waals surface area contributed by atoms with Crippen LogP contribution < -0.4 is 9.84 Å². The Bertz CT molecular complexity index is 656. The number of amides is 1. The Morgan fingerprint density at radius 3 is 2.86 bits per heavy atom. The number of carbonyl (C=O) groups excluding carboxylic acids is 2. The quantitative estimate of drug-likeness (QED) is 0.631. The zero-order chi connectivity index (χ0) is 15.6. The maximum Gasteiger partial charge on any atom is 0.266 e. The van der Waals surface area contributed by atoms with Crippen LogP contribution >= 0.6 is 24.0 Å². The second-order valence-electron chi connectivity index (χ2n) is 4.07. The summed E-state index contributed by atoms with van der Waals surface area (Å²) in [4.78, 5) is 23.9. The number of methoxy groups -OCH3 is 1. The molecular weight excluding hydrogens is 314 g/mol. The van der Waals surface area contributed by atoms with E-state index >= 15 is 0 Å². The molecule has 1 amide bonds. The van der Waals surface area contributed by atoms with E-state index in [2.05, 4.69) is 0 Å². The molecule has 0 aliphatic carbocycles. The number of nitrogens with zero attached hydrogens (tertiary/aromatic N) is 1. The van der Waals surface area contributed by atoms with E-state index in [4.69, 9.17) is 17.0 Å². The van der Waals surface area contributed by atoms with Gasteiger partial charge in [0.05, 0.1) is 24.5 Å². The maximum atomic E-state index is 12.0. The van der Waals surface area contributed by atoms with Crippen molar-refractivity contribution in [2.45, 2.75) is 0 Å². The molecule has 0 aromatic heterocycles. The zero-order valence-electron chi connectivity index (χ0n) is 10.9. The van der Waals surface area contributed by atoms with Gasteiger partial charge in [-0.2, -0.15) is 0 Å². The fourth-order valence-electron chi connectivity index (χ4n) is 1.71. The van der Waals surface area contributed by atoms with Crippen molar-refractivity contribution in [1.29, 1.82) is 0 Å². The van der Waals surface area contributed by atoms with Crippen LogP contribution in [0.1, 0.15) is 5.56 Å². The average Bonchev–Trinajstić information content (AvgIpc) is 2.66. The summed E-state index contributed by atoms with van der Waals surface area (Å²) in [5.74, 6) is -1.62. The number of benzene rings is 1. The van der Waals surface area contributed by atoms with Gasteiger partial charge in [0.1, 0.15) is 4.32 Å². The molecule has 6 nitrogen and oxygen atoms in total. The number of phenols is 1. The molecule has 1 aromatic carbocycles. The Hall–Kier alpha value is -2.06. The summed E-state index contributed by atoms with van der Waals surface area (Å²) in [5.41, 5.74) is 0.572. The highest BCUT2D eigenvalue weighted by atomic mass is 32.2. The SMILES string of the molecule is COc1ccc(/C=C2\SC(=S)N(CC(=O)[O-])C2=O)cc1O. The van der Waals surface area contributed by atoms with E-state index in [1.807, 2.05) is 0 Å². The largest absolute Gasteiger partial charge is 0.548 e. The van der Waals surface area contributed by atoms with Crippen molar-refractivity contribution in [3.05, 3.63) is 28.7 Å². The van der Waals surface area contributed by atoms with Crippen LogP contribution in [0.25, 0.3) is 6.08 Å². The third-order valence-electron chi connectivity index (χ3n) is 2.66. The van der Waals surface area contributed by atoms with Crippen molar-refractivity contribution in [2.24, 2.45) is 0 Å². The molecule has 110 valence electrons. The molecular formula is C13H10NO5S2-. The van der Waals surface area contributed by atoms with Gasteiger partial charge >= 0.3 is 0 Å². The number of aromatic hydroxyl groups is 1. The first-order valence-corrected chi connectivity index (χ1v) is 6.97. The summed E-state index contributed by atoms with van der Waals surface area (Å²) in [5, 5.41) is 20.3. The minimum atomic E-state index is -1.38. The number of thioether (sulfide) groups is 1. The lowest BCUT2D eigenvalue weighted by molar-refractivity contribution is -0.305. The Morgan fingerprint density at radius 2 is 2.29 bits per heavy atom. The van der Waals surface area contributed by atoms with Crippen molar-refractivity contribution < 1.29 is 24.5 Å². The molecule has 1 fully saturated rings. The Labute approximate surface area is 130 Å². The number of carboxylic acids is 1. The summed E-state index contributed by atoms with van der Waals surface area (Å²) in [7, 11) is 1.43. The lowest BCUT2D eigenvalue weighted by Gasteiger charge is -2.14. The molecule has 1 aliphatic heterocycles. The topological polar surface area (TPSA) is 89.9 Å². The summed E-state index contributed by atoms with van der Waals surface area (Å²) >= 11 is 5.96. The molecule has 21 heavy (non-hydrogen) atoms. The third-order valence-corrected chi connectivity index (χ3v) is 4.04. The molecule has 1 heterocycles. The van der Waals surface area contributed by atoms with Crippen molar-refractivity contribution in [1.82, 2.24) is 4.90 Å².